The number of hydrogen-bond donors (Lipinski definition) is 1. The Labute approximate surface area is 114 Å². The molecule has 2 atom stereocenters. The first kappa shape index (κ1) is 13.6. The molecule has 1 saturated heterocycles. The third-order valence-corrected chi connectivity index (χ3v) is 5.11. The molecule has 0 saturated carbocycles. The molecule has 2 rings (SSSR count). The van der Waals surface area contributed by atoms with Crippen molar-refractivity contribution in [3.05, 3.63) is 5.69 Å². The van der Waals surface area contributed by atoms with Gasteiger partial charge in [0.05, 0.1) is 11.4 Å². The molecule has 0 radical (unpaired) electrons. The fourth-order valence-electron chi connectivity index (χ4n) is 2.58. The third kappa shape index (κ3) is 2.32. The molecule has 0 amide bonds. The van der Waals surface area contributed by atoms with Crippen LogP contribution in [0, 0.1) is 0 Å². The summed E-state index contributed by atoms with van der Waals surface area (Å²) in [6.45, 7) is 7.80. The van der Waals surface area contributed by atoms with E-state index in [0.717, 1.165) is 36.6 Å². The number of nitrogen functional groups attached to an aromatic ring is 1. The molecule has 1 fully saturated rings. The van der Waals surface area contributed by atoms with Gasteiger partial charge in [-0.3, -0.25) is 4.68 Å². The molecule has 0 aromatic carbocycles. The van der Waals surface area contributed by atoms with E-state index in [-0.39, 0.29) is 0 Å². The van der Waals surface area contributed by atoms with Gasteiger partial charge >= 0.3 is 0 Å². The summed E-state index contributed by atoms with van der Waals surface area (Å²) in [5, 5.41) is 5.22. The Morgan fingerprint density at radius 2 is 2.17 bits per heavy atom. The van der Waals surface area contributed by atoms with E-state index in [1.165, 1.54) is 5.75 Å². The molecule has 4 nitrogen and oxygen atoms in total. The van der Waals surface area contributed by atoms with Crippen LogP contribution < -0.4 is 10.6 Å². The van der Waals surface area contributed by atoms with Crippen molar-refractivity contribution < 1.29 is 0 Å². The van der Waals surface area contributed by atoms with Crippen molar-refractivity contribution in [2.24, 2.45) is 7.05 Å². The standard InChI is InChI=1S/C13H24N4S/c1-5-6-11-12(14)13(16(4)15-11)17-7-8-18-10(3)9(17)2/h9-10H,5-8,14H2,1-4H3. The average Bonchev–Trinajstić information content (AvgIpc) is 2.60. The number of aromatic nitrogens is 2. The van der Waals surface area contributed by atoms with Crippen molar-refractivity contribution >= 4 is 23.3 Å². The Bertz CT molecular complexity index is 415. The van der Waals surface area contributed by atoms with Gasteiger partial charge in [-0.2, -0.15) is 16.9 Å². The van der Waals surface area contributed by atoms with E-state index in [1.807, 2.05) is 23.5 Å². The highest BCUT2D eigenvalue weighted by Crippen LogP contribution is 2.34. The van der Waals surface area contributed by atoms with Gasteiger partial charge in [-0.15, -0.1) is 0 Å². The predicted molar refractivity (Wildman–Crippen MR) is 80.3 cm³/mol. The molecular formula is C13H24N4S. The largest absolute Gasteiger partial charge is 0.394 e. The molecular weight excluding hydrogens is 244 g/mol. The maximum absolute atomic E-state index is 6.30. The van der Waals surface area contributed by atoms with Crippen LogP contribution in [0.2, 0.25) is 0 Å². The molecule has 2 N–H and O–H groups in total. The van der Waals surface area contributed by atoms with Crippen LogP contribution in [-0.4, -0.2) is 33.4 Å². The highest BCUT2D eigenvalue weighted by Gasteiger charge is 2.29. The average molecular weight is 268 g/mol. The summed E-state index contributed by atoms with van der Waals surface area (Å²) in [5.74, 6) is 2.28. The number of rotatable bonds is 3. The Balaban J connectivity index is 2.32. The van der Waals surface area contributed by atoms with Crippen LogP contribution in [0.15, 0.2) is 0 Å². The number of nitrogens with two attached hydrogens (primary N) is 1. The van der Waals surface area contributed by atoms with E-state index in [9.17, 15) is 0 Å². The van der Waals surface area contributed by atoms with Crippen LogP contribution >= 0.6 is 11.8 Å². The van der Waals surface area contributed by atoms with Crippen LogP contribution in [0.25, 0.3) is 0 Å². The second-order valence-electron chi connectivity index (χ2n) is 5.07. The molecule has 18 heavy (non-hydrogen) atoms. The third-order valence-electron chi connectivity index (χ3n) is 3.77. The molecule has 2 heterocycles. The number of hydrogen-bond acceptors (Lipinski definition) is 4. The summed E-state index contributed by atoms with van der Waals surface area (Å²) in [4.78, 5) is 2.42. The van der Waals surface area contributed by atoms with Crippen LogP contribution in [-0.2, 0) is 13.5 Å². The number of thioether (sulfide) groups is 1. The molecule has 0 aliphatic carbocycles. The van der Waals surface area contributed by atoms with Gasteiger partial charge in [0.25, 0.3) is 0 Å². The number of anilines is 2. The Morgan fingerprint density at radius 3 is 2.83 bits per heavy atom. The molecule has 1 aliphatic heterocycles. The van der Waals surface area contributed by atoms with Gasteiger partial charge in [0.2, 0.25) is 0 Å². The zero-order valence-electron chi connectivity index (χ0n) is 11.8. The molecule has 5 heteroatoms. The van der Waals surface area contributed by atoms with Gasteiger partial charge in [0, 0.05) is 30.6 Å². The topological polar surface area (TPSA) is 47.1 Å². The smallest absolute Gasteiger partial charge is 0.150 e. The van der Waals surface area contributed by atoms with Gasteiger partial charge in [-0.05, 0) is 13.3 Å². The molecule has 2 unspecified atom stereocenters. The van der Waals surface area contributed by atoms with Gasteiger partial charge < -0.3 is 10.6 Å². The number of nitrogens with zero attached hydrogens (tertiary/aromatic N) is 3. The molecule has 102 valence electrons. The lowest BCUT2D eigenvalue weighted by Gasteiger charge is -2.39. The van der Waals surface area contributed by atoms with Crippen molar-refractivity contribution in [2.75, 3.05) is 22.9 Å². The normalized spacial score (nSPS) is 24.6. The van der Waals surface area contributed by atoms with Gasteiger partial charge in [0.15, 0.2) is 5.82 Å². The van der Waals surface area contributed by atoms with E-state index >= 15 is 0 Å². The summed E-state index contributed by atoms with van der Waals surface area (Å²) in [5.41, 5.74) is 8.23. The summed E-state index contributed by atoms with van der Waals surface area (Å²) < 4.78 is 1.96. The lowest BCUT2D eigenvalue weighted by atomic mass is 10.2. The van der Waals surface area contributed by atoms with Gasteiger partial charge in [0.1, 0.15) is 0 Å². The maximum atomic E-state index is 6.30. The first-order chi connectivity index (χ1) is 8.56. The van der Waals surface area contributed by atoms with Crippen LogP contribution in [0.1, 0.15) is 32.9 Å². The highest BCUT2D eigenvalue weighted by molar-refractivity contribution is 8.00. The van der Waals surface area contributed by atoms with E-state index in [0.29, 0.717) is 11.3 Å². The highest BCUT2D eigenvalue weighted by atomic mass is 32.2. The zero-order valence-corrected chi connectivity index (χ0v) is 12.6. The number of aryl methyl sites for hydroxylation is 2. The Kier molecular flexibility index (Phi) is 4.10. The van der Waals surface area contributed by atoms with E-state index in [2.05, 4.69) is 30.8 Å². The van der Waals surface area contributed by atoms with E-state index in [4.69, 9.17) is 5.73 Å². The van der Waals surface area contributed by atoms with Crippen molar-refractivity contribution in [1.82, 2.24) is 9.78 Å². The Morgan fingerprint density at radius 1 is 1.44 bits per heavy atom. The first-order valence-corrected chi connectivity index (χ1v) is 7.80. The van der Waals surface area contributed by atoms with E-state index < -0.39 is 0 Å². The first-order valence-electron chi connectivity index (χ1n) is 6.75. The molecule has 1 aliphatic rings. The van der Waals surface area contributed by atoms with Crippen molar-refractivity contribution in [1.29, 1.82) is 0 Å². The second kappa shape index (κ2) is 5.43. The van der Waals surface area contributed by atoms with Crippen molar-refractivity contribution in [3.63, 3.8) is 0 Å². The second-order valence-corrected chi connectivity index (χ2v) is 6.55. The fourth-order valence-corrected chi connectivity index (χ4v) is 3.68. The Hall–Kier alpha value is -0.840. The predicted octanol–water partition coefficient (Wildman–Crippen LogP) is 2.29. The lowest BCUT2D eigenvalue weighted by Crippen LogP contribution is -2.45. The van der Waals surface area contributed by atoms with Gasteiger partial charge in [-0.25, -0.2) is 0 Å². The van der Waals surface area contributed by atoms with Crippen LogP contribution in [0.4, 0.5) is 11.5 Å². The summed E-state index contributed by atoms with van der Waals surface area (Å²) >= 11 is 2.04. The molecule has 1 aromatic heterocycles. The van der Waals surface area contributed by atoms with Crippen LogP contribution in [0.5, 0.6) is 0 Å². The van der Waals surface area contributed by atoms with E-state index in [1.54, 1.807) is 0 Å². The molecule has 0 bridgehead atoms. The summed E-state index contributed by atoms with van der Waals surface area (Å²) in [6, 6.07) is 0.510. The van der Waals surface area contributed by atoms with Crippen molar-refractivity contribution in [2.45, 2.75) is 44.9 Å². The quantitative estimate of drug-likeness (QED) is 0.913. The SMILES string of the molecule is CCCc1nn(C)c(N2CCSC(C)C2C)c1N. The van der Waals surface area contributed by atoms with Crippen molar-refractivity contribution in [3.8, 4) is 0 Å². The molecule has 1 aromatic rings. The summed E-state index contributed by atoms with van der Waals surface area (Å²) in [6.07, 6.45) is 2.05. The zero-order chi connectivity index (χ0) is 13.3. The maximum Gasteiger partial charge on any atom is 0.150 e. The summed E-state index contributed by atoms with van der Waals surface area (Å²) in [7, 11) is 2.00. The fraction of sp³-hybridized carbons (Fsp3) is 0.769. The minimum atomic E-state index is 0.510. The van der Waals surface area contributed by atoms with Crippen LogP contribution in [0.3, 0.4) is 0 Å². The molecule has 0 spiro atoms. The van der Waals surface area contributed by atoms with Gasteiger partial charge in [-0.1, -0.05) is 20.3 Å². The minimum absolute atomic E-state index is 0.510. The minimum Gasteiger partial charge on any atom is -0.394 e. The monoisotopic (exact) mass is 268 g/mol. The lowest BCUT2D eigenvalue weighted by molar-refractivity contribution is 0.597.